The second-order valence-corrected chi connectivity index (χ2v) is 10.3. The predicted molar refractivity (Wildman–Crippen MR) is 134 cm³/mol. The molecule has 0 spiro atoms. The van der Waals surface area contributed by atoms with E-state index in [1.807, 2.05) is 54.3 Å². The van der Waals surface area contributed by atoms with Crippen LogP contribution in [0, 0.1) is 11.8 Å². The number of aromatic nitrogens is 1. The van der Waals surface area contributed by atoms with Gasteiger partial charge in [-0.15, -0.1) is 11.3 Å². The second kappa shape index (κ2) is 8.82. The molecule has 33 heavy (non-hydrogen) atoms. The molecule has 5 rings (SSSR count). The molecular formula is C27H30N2O3S. The standard InChI is InChI=1S/C27H30N2O3S/c1-4-28-23-12-6-5-11-20(23)25-21(26(28)30)15-24(33-25)27(31)29(16-19-10-8-14-32-19)22-13-7-9-17(2)18(22)3/h5-6,8,10-12,14-15,17-18,22H,4,7,9,13,16H2,1-3H3/t17-,18+,22-/m1/s1. The molecular weight excluding hydrogens is 432 g/mol. The first-order valence-corrected chi connectivity index (χ1v) is 12.7. The zero-order chi connectivity index (χ0) is 23.1. The fourth-order valence-corrected chi connectivity index (χ4v) is 6.51. The summed E-state index contributed by atoms with van der Waals surface area (Å²) in [6.45, 7) is 7.56. The maximum absolute atomic E-state index is 14.0. The Morgan fingerprint density at radius 3 is 2.73 bits per heavy atom. The molecule has 1 amide bonds. The van der Waals surface area contributed by atoms with Crippen molar-refractivity contribution in [2.24, 2.45) is 11.8 Å². The zero-order valence-corrected chi connectivity index (χ0v) is 20.2. The zero-order valence-electron chi connectivity index (χ0n) is 19.4. The van der Waals surface area contributed by atoms with Crippen LogP contribution in [0.3, 0.4) is 0 Å². The Kier molecular flexibility index (Phi) is 5.87. The minimum atomic E-state index is -0.0289. The third-order valence-corrected chi connectivity index (χ3v) is 8.56. The highest BCUT2D eigenvalue weighted by atomic mass is 32.1. The first-order chi connectivity index (χ1) is 16.0. The number of thiophene rings is 1. The number of para-hydroxylation sites is 1. The highest BCUT2D eigenvalue weighted by Gasteiger charge is 2.35. The first-order valence-electron chi connectivity index (χ1n) is 11.9. The number of carbonyl (C=O) groups excluding carboxylic acids is 1. The molecule has 1 fully saturated rings. The molecule has 0 radical (unpaired) electrons. The molecule has 1 saturated carbocycles. The Morgan fingerprint density at radius 1 is 1.15 bits per heavy atom. The van der Waals surface area contributed by atoms with Crippen LogP contribution < -0.4 is 5.56 Å². The van der Waals surface area contributed by atoms with Crippen LogP contribution in [0.25, 0.3) is 21.0 Å². The second-order valence-electron chi connectivity index (χ2n) is 9.27. The van der Waals surface area contributed by atoms with Crippen LogP contribution in [0.1, 0.15) is 55.5 Å². The average molecular weight is 463 g/mol. The molecule has 1 aromatic carbocycles. The number of hydrogen-bond donors (Lipinski definition) is 0. The Bertz CT molecular complexity index is 1350. The Morgan fingerprint density at radius 2 is 1.97 bits per heavy atom. The lowest BCUT2D eigenvalue weighted by Gasteiger charge is -2.41. The molecule has 172 valence electrons. The molecule has 1 aliphatic carbocycles. The lowest BCUT2D eigenvalue weighted by atomic mass is 9.77. The highest BCUT2D eigenvalue weighted by molar-refractivity contribution is 7.21. The molecule has 5 nitrogen and oxygen atoms in total. The van der Waals surface area contributed by atoms with E-state index in [0.717, 1.165) is 34.2 Å². The number of hydrogen-bond acceptors (Lipinski definition) is 4. The summed E-state index contributed by atoms with van der Waals surface area (Å²) in [7, 11) is 0. The van der Waals surface area contributed by atoms with Crippen molar-refractivity contribution in [1.29, 1.82) is 0 Å². The van der Waals surface area contributed by atoms with Crippen LogP contribution >= 0.6 is 11.3 Å². The van der Waals surface area contributed by atoms with Gasteiger partial charge in [0.1, 0.15) is 5.76 Å². The van der Waals surface area contributed by atoms with Crippen LogP contribution in [0.15, 0.2) is 57.9 Å². The molecule has 3 atom stereocenters. The lowest BCUT2D eigenvalue weighted by Crippen LogP contribution is -2.46. The molecule has 4 aromatic rings. The maximum atomic E-state index is 14.0. The van der Waals surface area contributed by atoms with E-state index < -0.39 is 0 Å². The van der Waals surface area contributed by atoms with Crippen LogP contribution in [-0.2, 0) is 13.1 Å². The first kappa shape index (κ1) is 22.0. The Hall–Kier alpha value is -2.86. The van der Waals surface area contributed by atoms with E-state index in [1.165, 1.54) is 17.8 Å². The lowest BCUT2D eigenvalue weighted by molar-refractivity contribution is 0.0432. The molecule has 6 heteroatoms. The van der Waals surface area contributed by atoms with Crippen molar-refractivity contribution in [2.75, 3.05) is 0 Å². The van der Waals surface area contributed by atoms with E-state index in [1.54, 1.807) is 10.8 Å². The van der Waals surface area contributed by atoms with Gasteiger partial charge >= 0.3 is 0 Å². The SMILES string of the molecule is CCn1c(=O)c2cc(C(=O)N(Cc3ccco3)[C@@H]3CCC[C@@H](C)[C@@H]3C)sc2c2ccccc21. The van der Waals surface area contributed by atoms with Gasteiger partial charge in [-0.25, -0.2) is 0 Å². The quantitative estimate of drug-likeness (QED) is 0.350. The van der Waals surface area contributed by atoms with Crippen LogP contribution in [0.2, 0.25) is 0 Å². The van der Waals surface area contributed by atoms with Crippen molar-refractivity contribution < 1.29 is 9.21 Å². The molecule has 0 N–H and O–H groups in total. The molecule has 0 aliphatic heterocycles. The normalized spacial score (nSPS) is 21.0. The monoisotopic (exact) mass is 462 g/mol. The number of fused-ring (bicyclic) bond motifs is 3. The molecule has 3 heterocycles. The largest absolute Gasteiger partial charge is 0.467 e. The van der Waals surface area contributed by atoms with E-state index >= 15 is 0 Å². The van der Waals surface area contributed by atoms with Gasteiger partial charge in [0, 0.05) is 22.7 Å². The topological polar surface area (TPSA) is 55.5 Å². The summed E-state index contributed by atoms with van der Waals surface area (Å²) in [6, 6.07) is 13.7. The summed E-state index contributed by atoms with van der Waals surface area (Å²) < 4.78 is 8.32. The summed E-state index contributed by atoms with van der Waals surface area (Å²) in [6.07, 6.45) is 4.97. The molecule has 1 aliphatic rings. The summed E-state index contributed by atoms with van der Waals surface area (Å²) >= 11 is 1.44. The van der Waals surface area contributed by atoms with Gasteiger partial charge in [-0.1, -0.05) is 44.9 Å². The fraction of sp³-hybridized carbons (Fsp3) is 0.407. The van der Waals surface area contributed by atoms with Gasteiger partial charge in [0.15, 0.2) is 0 Å². The number of pyridine rings is 1. The molecule has 0 bridgehead atoms. The number of furan rings is 1. The van der Waals surface area contributed by atoms with Crippen molar-refractivity contribution in [2.45, 2.75) is 59.2 Å². The minimum Gasteiger partial charge on any atom is -0.467 e. The van der Waals surface area contributed by atoms with E-state index in [9.17, 15) is 9.59 Å². The molecule has 0 saturated heterocycles. The number of amides is 1. The van der Waals surface area contributed by atoms with Crippen molar-refractivity contribution in [3.63, 3.8) is 0 Å². The molecule has 0 unspecified atom stereocenters. The van der Waals surface area contributed by atoms with Crippen LogP contribution in [-0.4, -0.2) is 21.4 Å². The number of carbonyl (C=O) groups is 1. The predicted octanol–water partition coefficient (Wildman–Crippen LogP) is 6.30. The summed E-state index contributed by atoms with van der Waals surface area (Å²) in [4.78, 5) is 29.9. The van der Waals surface area contributed by atoms with Crippen molar-refractivity contribution in [1.82, 2.24) is 9.47 Å². The average Bonchev–Trinajstić information content (AvgIpc) is 3.50. The number of rotatable bonds is 5. The number of nitrogens with zero attached hydrogens (tertiary/aromatic N) is 2. The van der Waals surface area contributed by atoms with Gasteiger partial charge < -0.3 is 13.9 Å². The maximum Gasteiger partial charge on any atom is 0.264 e. The van der Waals surface area contributed by atoms with Crippen molar-refractivity contribution in [3.8, 4) is 0 Å². The van der Waals surface area contributed by atoms with E-state index in [2.05, 4.69) is 13.8 Å². The van der Waals surface area contributed by atoms with E-state index in [-0.39, 0.29) is 17.5 Å². The van der Waals surface area contributed by atoms with Gasteiger partial charge in [-0.2, -0.15) is 0 Å². The third-order valence-electron chi connectivity index (χ3n) is 7.41. The number of aryl methyl sites for hydroxylation is 1. The van der Waals surface area contributed by atoms with Gasteiger partial charge in [0.05, 0.1) is 28.6 Å². The number of benzene rings is 1. The van der Waals surface area contributed by atoms with Crippen molar-refractivity contribution >= 4 is 38.2 Å². The van der Waals surface area contributed by atoms with E-state index in [0.29, 0.717) is 35.2 Å². The molecule has 3 aromatic heterocycles. The smallest absolute Gasteiger partial charge is 0.264 e. The highest BCUT2D eigenvalue weighted by Crippen LogP contribution is 2.36. The van der Waals surface area contributed by atoms with Crippen molar-refractivity contribution in [3.05, 3.63) is 69.7 Å². The summed E-state index contributed by atoms with van der Waals surface area (Å²) in [5, 5.41) is 1.65. The van der Waals surface area contributed by atoms with Gasteiger partial charge in [0.25, 0.3) is 11.5 Å². The van der Waals surface area contributed by atoms with Gasteiger partial charge in [-0.3, -0.25) is 9.59 Å². The van der Waals surface area contributed by atoms with Crippen LogP contribution in [0.4, 0.5) is 0 Å². The summed E-state index contributed by atoms with van der Waals surface area (Å²) in [5.41, 5.74) is 0.888. The van der Waals surface area contributed by atoms with Crippen LogP contribution in [0.5, 0.6) is 0 Å². The third kappa shape index (κ3) is 3.80. The summed E-state index contributed by atoms with van der Waals surface area (Å²) in [5.74, 6) is 1.75. The minimum absolute atomic E-state index is 0.00919. The van der Waals surface area contributed by atoms with E-state index in [4.69, 9.17) is 4.42 Å². The van der Waals surface area contributed by atoms with Gasteiger partial charge in [0.2, 0.25) is 0 Å². The fourth-order valence-electron chi connectivity index (χ4n) is 5.37. The van der Waals surface area contributed by atoms with Gasteiger partial charge in [-0.05, 0) is 49.4 Å². The Balaban J connectivity index is 1.62. The Labute approximate surface area is 197 Å².